The second kappa shape index (κ2) is 11.9. The molecule has 0 fully saturated rings. The molecule has 4 rings (SSSR count). The molecule has 0 bridgehead atoms. The van der Waals surface area contributed by atoms with E-state index >= 15 is 0 Å². The van der Waals surface area contributed by atoms with Gasteiger partial charge in [0.15, 0.2) is 5.82 Å². The van der Waals surface area contributed by atoms with Crippen LogP contribution in [-0.4, -0.2) is 49.2 Å². The number of halogens is 4. The summed E-state index contributed by atoms with van der Waals surface area (Å²) in [5.41, 5.74) is 3.69. The standard InChI is InChI=1S/C23H20FN5O.C2HF3O2/c1-29-15-17(12-21(29)23(30)26-10-8-20-7-2-3-9-25-20)18-13-27-22(28-14-18)16-5-4-6-19(24)11-16;3-2(4,5)1(6)7/h2-7,9,11-15H,8,10H2,1H3,(H,26,30);(H,6,7). The summed E-state index contributed by atoms with van der Waals surface area (Å²) >= 11 is 0. The Morgan fingerprint density at radius 3 is 2.27 bits per heavy atom. The molecule has 0 radical (unpaired) electrons. The quantitative estimate of drug-likeness (QED) is 0.371. The average molecular weight is 515 g/mol. The number of nitrogens with one attached hydrogen (secondary N) is 1. The van der Waals surface area contributed by atoms with Crippen molar-refractivity contribution in [2.75, 3.05) is 6.54 Å². The van der Waals surface area contributed by atoms with Crippen LogP contribution in [0.25, 0.3) is 22.5 Å². The Morgan fingerprint density at radius 2 is 1.68 bits per heavy atom. The van der Waals surface area contributed by atoms with Crippen molar-refractivity contribution in [1.82, 2.24) is 24.8 Å². The smallest absolute Gasteiger partial charge is 0.475 e. The summed E-state index contributed by atoms with van der Waals surface area (Å²) in [6, 6.07) is 13.7. The fourth-order valence-corrected chi connectivity index (χ4v) is 3.14. The van der Waals surface area contributed by atoms with E-state index in [1.54, 1.807) is 41.4 Å². The molecule has 1 amide bonds. The van der Waals surface area contributed by atoms with Crippen LogP contribution in [0.5, 0.6) is 0 Å². The number of benzene rings is 1. The Labute approximate surface area is 208 Å². The van der Waals surface area contributed by atoms with Gasteiger partial charge < -0.3 is 15.0 Å². The molecule has 0 saturated carbocycles. The van der Waals surface area contributed by atoms with Crippen molar-refractivity contribution in [2.24, 2.45) is 7.05 Å². The molecular formula is C25H21F4N5O3. The Bertz CT molecular complexity index is 1360. The van der Waals surface area contributed by atoms with Crippen LogP contribution in [0.1, 0.15) is 16.2 Å². The number of carboxylic acid groups (broad SMARTS) is 1. The number of pyridine rings is 1. The van der Waals surface area contributed by atoms with Crippen LogP contribution < -0.4 is 5.32 Å². The Balaban J connectivity index is 0.000000479. The van der Waals surface area contributed by atoms with Gasteiger partial charge in [-0.25, -0.2) is 19.2 Å². The van der Waals surface area contributed by atoms with Gasteiger partial charge in [0.05, 0.1) is 0 Å². The van der Waals surface area contributed by atoms with E-state index in [1.165, 1.54) is 12.1 Å². The van der Waals surface area contributed by atoms with Crippen molar-refractivity contribution in [3.05, 3.63) is 90.5 Å². The molecule has 0 spiro atoms. The van der Waals surface area contributed by atoms with Crippen LogP contribution in [0.4, 0.5) is 17.6 Å². The minimum absolute atomic E-state index is 0.156. The van der Waals surface area contributed by atoms with Gasteiger partial charge in [-0.2, -0.15) is 13.2 Å². The van der Waals surface area contributed by atoms with Gasteiger partial charge in [0, 0.05) is 67.2 Å². The normalized spacial score (nSPS) is 10.8. The summed E-state index contributed by atoms with van der Waals surface area (Å²) in [7, 11) is 1.82. The summed E-state index contributed by atoms with van der Waals surface area (Å²) in [5, 5.41) is 10.0. The number of aryl methyl sites for hydroxylation is 1. The third-order valence-electron chi connectivity index (χ3n) is 4.94. The number of amides is 1. The summed E-state index contributed by atoms with van der Waals surface area (Å²) in [6.45, 7) is 0.502. The lowest BCUT2D eigenvalue weighted by Gasteiger charge is -2.05. The first-order chi connectivity index (χ1) is 17.5. The number of carbonyl (C=O) groups is 2. The second-order valence-electron chi connectivity index (χ2n) is 7.66. The first kappa shape index (κ1) is 27.0. The topological polar surface area (TPSA) is 110 Å². The molecule has 0 aliphatic rings. The van der Waals surface area contributed by atoms with Crippen LogP contribution in [0.15, 0.2) is 73.3 Å². The minimum atomic E-state index is -5.08. The van der Waals surface area contributed by atoms with Gasteiger partial charge in [-0.15, -0.1) is 0 Å². The molecule has 0 aliphatic heterocycles. The van der Waals surface area contributed by atoms with E-state index in [0.29, 0.717) is 30.0 Å². The maximum atomic E-state index is 13.4. The number of carbonyl (C=O) groups excluding carboxylic acids is 1. The van der Waals surface area contributed by atoms with Gasteiger partial charge in [0.25, 0.3) is 5.91 Å². The predicted molar refractivity (Wildman–Crippen MR) is 126 cm³/mol. The highest BCUT2D eigenvalue weighted by Crippen LogP contribution is 2.23. The molecule has 192 valence electrons. The summed E-state index contributed by atoms with van der Waals surface area (Å²) in [5.74, 6) is -2.80. The summed E-state index contributed by atoms with van der Waals surface area (Å²) in [6.07, 6.45) is 2.52. The molecule has 37 heavy (non-hydrogen) atoms. The van der Waals surface area contributed by atoms with Crippen LogP contribution in [0.2, 0.25) is 0 Å². The molecular weight excluding hydrogens is 494 g/mol. The molecule has 2 N–H and O–H groups in total. The predicted octanol–water partition coefficient (Wildman–Crippen LogP) is 4.29. The Kier molecular flexibility index (Phi) is 8.67. The zero-order valence-corrected chi connectivity index (χ0v) is 19.4. The van der Waals surface area contributed by atoms with E-state index in [9.17, 15) is 22.4 Å². The number of carboxylic acids is 1. The van der Waals surface area contributed by atoms with Crippen molar-refractivity contribution in [2.45, 2.75) is 12.6 Å². The Morgan fingerprint density at radius 1 is 0.973 bits per heavy atom. The van der Waals surface area contributed by atoms with Crippen molar-refractivity contribution in [3.63, 3.8) is 0 Å². The van der Waals surface area contributed by atoms with Crippen molar-refractivity contribution < 1.29 is 32.3 Å². The highest BCUT2D eigenvalue weighted by molar-refractivity contribution is 5.94. The molecule has 4 aromatic rings. The molecule has 3 aromatic heterocycles. The van der Waals surface area contributed by atoms with Crippen molar-refractivity contribution in [1.29, 1.82) is 0 Å². The molecule has 0 atom stereocenters. The molecule has 0 aliphatic carbocycles. The fraction of sp³-hybridized carbons (Fsp3) is 0.160. The van der Waals surface area contributed by atoms with Gasteiger partial charge in [0.2, 0.25) is 0 Å². The fourth-order valence-electron chi connectivity index (χ4n) is 3.14. The highest BCUT2D eigenvalue weighted by atomic mass is 19.4. The van der Waals surface area contributed by atoms with E-state index in [-0.39, 0.29) is 11.7 Å². The van der Waals surface area contributed by atoms with E-state index in [4.69, 9.17) is 9.90 Å². The van der Waals surface area contributed by atoms with E-state index in [1.807, 2.05) is 31.4 Å². The third-order valence-corrected chi connectivity index (χ3v) is 4.94. The lowest BCUT2D eigenvalue weighted by molar-refractivity contribution is -0.192. The first-order valence-electron chi connectivity index (χ1n) is 10.8. The summed E-state index contributed by atoms with van der Waals surface area (Å²) in [4.78, 5) is 34.4. The lowest BCUT2D eigenvalue weighted by atomic mass is 10.1. The Hall–Kier alpha value is -4.61. The van der Waals surface area contributed by atoms with E-state index in [2.05, 4.69) is 20.3 Å². The van der Waals surface area contributed by atoms with E-state index < -0.39 is 12.1 Å². The monoisotopic (exact) mass is 515 g/mol. The number of hydrogen-bond donors (Lipinski definition) is 2. The number of hydrogen-bond acceptors (Lipinski definition) is 5. The molecule has 12 heteroatoms. The average Bonchev–Trinajstić information content (AvgIpc) is 3.26. The number of aliphatic carboxylic acids is 1. The molecule has 1 aromatic carbocycles. The van der Waals surface area contributed by atoms with Crippen LogP contribution in [-0.2, 0) is 18.3 Å². The van der Waals surface area contributed by atoms with Crippen LogP contribution in [0, 0.1) is 5.82 Å². The molecule has 8 nitrogen and oxygen atoms in total. The maximum absolute atomic E-state index is 13.4. The maximum Gasteiger partial charge on any atom is 0.490 e. The minimum Gasteiger partial charge on any atom is -0.475 e. The van der Waals surface area contributed by atoms with Gasteiger partial charge in [-0.3, -0.25) is 9.78 Å². The zero-order valence-electron chi connectivity index (χ0n) is 19.4. The highest BCUT2D eigenvalue weighted by Gasteiger charge is 2.38. The second-order valence-corrected chi connectivity index (χ2v) is 7.66. The van der Waals surface area contributed by atoms with Gasteiger partial charge in [-0.05, 0) is 30.3 Å². The van der Waals surface area contributed by atoms with E-state index in [0.717, 1.165) is 16.8 Å². The largest absolute Gasteiger partial charge is 0.490 e. The van der Waals surface area contributed by atoms with Crippen molar-refractivity contribution >= 4 is 11.9 Å². The van der Waals surface area contributed by atoms with Gasteiger partial charge in [-0.1, -0.05) is 18.2 Å². The summed E-state index contributed by atoms with van der Waals surface area (Å²) < 4.78 is 46.9. The molecule has 3 heterocycles. The SMILES string of the molecule is Cn1cc(-c2cnc(-c3cccc(F)c3)nc2)cc1C(=O)NCCc1ccccn1.O=C(O)C(F)(F)F. The van der Waals surface area contributed by atoms with Gasteiger partial charge in [0.1, 0.15) is 11.5 Å². The number of aromatic nitrogens is 4. The zero-order chi connectivity index (χ0) is 27.0. The van der Waals surface area contributed by atoms with Gasteiger partial charge >= 0.3 is 12.1 Å². The number of nitrogens with zero attached hydrogens (tertiary/aromatic N) is 4. The lowest BCUT2D eigenvalue weighted by Crippen LogP contribution is -2.27. The molecule has 0 saturated heterocycles. The number of rotatable bonds is 6. The van der Waals surface area contributed by atoms with Crippen LogP contribution in [0.3, 0.4) is 0 Å². The third kappa shape index (κ3) is 7.69. The van der Waals surface area contributed by atoms with Crippen molar-refractivity contribution in [3.8, 4) is 22.5 Å². The number of alkyl halides is 3. The molecule has 0 unspecified atom stereocenters. The van der Waals surface area contributed by atoms with Crippen LogP contribution >= 0.6 is 0 Å². The first-order valence-corrected chi connectivity index (χ1v) is 10.8.